The highest BCUT2D eigenvalue weighted by Crippen LogP contribution is 2.25. The van der Waals surface area contributed by atoms with Crippen LogP contribution in [-0.2, 0) is 14.8 Å². The van der Waals surface area contributed by atoms with Crippen molar-refractivity contribution in [3.63, 3.8) is 0 Å². The molecule has 1 atom stereocenters. The molecule has 3 aromatic rings. The van der Waals surface area contributed by atoms with Crippen molar-refractivity contribution in [3.05, 3.63) is 88.0 Å². The molecule has 0 heterocycles. The Labute approximate surface area is 196 Å². The van der Waals surface area contributed by atoms with Crippen molar-refractivity contribution < 1.29 is 17.9 Å². The maximum absolute atomic E-state index is 13.3. The van der Waals surface area contributed by atoms with Gasteiger partial charge in [0.05, 0.1) is 23.7 Å². The molecular formula is C23H23IN2O4S. The molecule has 0 aliphatic carbocycles. The van der Waals surface area contributed by atoms with E-state index < -0.39 is 15.9 Å². The molecule has 3 aromatic carbocycles. The number of rotatable bonds is 8. The molecular weight excluding hydrogens is 527 g/mol. The van der Waals surface area contributed by atoms with Crippen molar-refractivity contribution >= 4 is 44.2 Å². The minimum Gasteiger partial charge on any atom is -0.497 e. The molecule has 0 aliphatic rings. The largest absolute Gasteiger partial charge is 0.497 e. The lowest BCUT2D eigenvalue weighted by Gasteiger charge is -2.25. The van der Waals surface area contributed by atoms with Crippen LogP contribution in [0.25, 0.3) is 0 Å². The average Bonchev–Trinajstić information content (AvgIpc) is 2.78. The maximum atomic E-state index is 13.3. The van der Waals surface area contributed by atoms with E-state index in [1.165, 1.54) is 12.1 Å². The number of benzene rings is 3. The lowest BCUT2D eigenvalue weighted by atomic mass is 10.1. The van der Waals surface area contributed by atoms with Crippen LogP contribution in [0.4, 0.5) is 5.69 Å². The third kappa shape index (κ3) is 5.76. The van der Waals surface area contributed by atoms with Crippen molar-refractivity contribution in [2.45, 2.75) is 17.9 Å². The van der Waals surface area contributed by atoms with Gasteiger partial charge in [-0.1, -0.05) is 30.3 Å². The number of hydrogen-bond donors (Lipinski definition) is 1. The first-order valence-electron chi connectivity index (χ1n) is 9.58. The molecule has 0 unspecified atom stereocenters. The summed E-state index contributed by atoms with van der Waals surface area (Å²) < 4.78 is 33.9. The number of amides is 1. The summed E-state index contributed by atoms with van der Waals surface area (Å²) in [6.45, 7) is 1.51. The quantitative estimate of drug-likeness (QED) is 0.423. The van der Waals surface area contributed by atoms with Gasteiger partial charge in [-0.15, -0.1) is 0 Å². The van der Waals surface area contributed by atoms with Crippen LogP contribution in [0.1, 0.15) is 18.5 Å². The molecule has 31 heavy (non-hydrogen) atoms. The van der Waals surface area contributed by atoms with Gasteiger partial charge in [0.1, 0.15) is 12.3 Å². The first kappa shape index (κ1) is 23.1. The second-order valence-corrected chi connectivity index (χ2v) is 9.97. The van der Waals surface area contributed by atoms with E-state index in [0.717, 1.165) is 19.2 Å². The molecule has 1 amide bonds. The SMILES string of the molecule is COc1ccc([C@H](C)NC(=O)CN(c2ccc(I)cc2)S(=O)(=O)c2ccccc2)cc1. The second kappa shape index (κ2) is 10.1. The maximum Gasteiger partial charge on any atom is 0.264 e. The van der Waals surface area contributed by atoms with Gasteiger partial charge in [-0.05, 0) is 83.6 Å². The molecule has 3 rings (SSSR count). The molecule has 0 bridgehead atoms. The number of anilines is 1. The van der Waals surface area contributed by atoms with E-state index in [0.29, 0.717) is 5.69 Å². The highest BCUT2D eigenvalue weighted by atomic mass is 127. The van der Waals surface area contributed by atoms with E-state index in [2.05, 4.69) is 27.9 Å². The third-order valence-corrected chi connectivity index (χ3v) is 7.23. The molecule has 0 aliphatic heterocycles. The summed E-state index contributed by atoms with van der Waals surface area (Å²) >= 11 is 2.15. The Hall–Kier alpha value is -2.59. The number of nitrogens with zero attached hydrogens (tertiary/aromatic N) is 1. The topological polar surface area (TPSA) is 75.7 Å². The van der Waals surface area contributed by atoms with Crippen LogP contribution >= 0.6 is 22.6 Å². The summed E-state index contributed by atoms with van der Waals surface area (Å²) in [5.74, 6) is 0.322. The first-order valence-corrected chi connectivity index (χ1v) is 12.1. The van der Waals surface area contributed by atoms with Crippen LogP contribution in [0.3, 0.4) is 0 Å². The van der Waals surface area contributed by atoms with E-state index in [1.807, 2.05) is 31.2 Å². The average molecular weight is 550 g/mol. The Kier molecular flexibility index (Phi) is 7.55. The van der Waals surface area contributed by atoms with Crippen molar-refractivity contribution in [1.29, 1.82) is 0 Å². The van der Waals surface area contributed by atoms with Gasteiger partial charge < -0.3 is 10.1 Å². The zero-order chi connectivity index (χ0) is 22.4. The summed E-state index contributed by atoms with van der Waals surface area (Å²) in [6.07, 6.45) is 0. The van der Waals surface area contributed by atoms with Crippen LogP contribution in [0.2, 0.25) is 0 Å². The lowest BCUT2D eigenvalue weighted by Crippen LogP contribution is -2.41. The first-order chi connectivity index (χ1) is 14.8. The standard InChI is InChI=1S/C23H23IN2O4S/c1-17(18-8-14-21(30-2)15-9-18)25-23(27)16-26(20-12-10-19(24)11-13-20)31(28,29)22-6-4-3-5-7-22/h3-15,17H,16H2,1-2H3,(H,25,27)/t17-/m0/s1. The number of nitrogens with one attached hydrogen (secondary N) is 1. The minimum absolute atomic E-state index is 0.129. The Morgan fingerprint density at radius 2 is 1.61 bits per heavy atom. The Bertz CT molecular complexity index is 1120. The smallest absolute Gasteiger partial charge is 0.264 e. The van der Waals surface area contributed by atoms with Gasteiger partial charge in [-0.25, -0.2) is 8.42 Å². The number of sulfonamides is 1. The molecule has 6 nitrogen and oxygen atoms in total. The van der Waals surface area contributed by atoms with E-state index in [-0.39, 0.29) is 17.5 Å². The summed E-state index contributed by atoms with van der Waals surface area (Å²) in [5.41, 5.74) is 1.32. The molecule has 0 fully saturated rings. The minimum atomic E-state index is -3.92. The second-order valence-electron chi connectivity index (χ2n) is 6.86. The predicted molar refractivity (Wildman–Crippen MR) is 130 cm³/mol. The molecule has 0 spiro atoms. The van der Waals surface area contributed by atoms with Gasteiger partial charge in [0, 0.05) is 3.57 Å². The van der Waals surface area contributed by atoms with Crippen LogP contribution in [0.5, 0.6) is 5.75 Å². The number of methoxy groups -OCH3 is 1. The molecule has 1 N–H and O–H groups in total. The molecule has 0 aromatic heterocycles. The molecule has 0 saturated heterocycles. The van der Waals surface area contributed by atoms with Gasteiger partial charge in [0.15, 0.2) is 0 Å². The van der Waals surface area contributed by atoms with Crippen molar-refractivity contribution in [2.75, 3.05) is 18.0 Å². The van der Waals surface area contributed by atoms with Gasteiger partial charge in [-0.2, -0.15) is 0 Å². The number of carbonyl (C=O) groups excluding carboxylic acids is 1. The fourth-order valence-electron chi connectivity index (χ4n) is 3.04. The third-order valence-electron chi connectivity index (χ3n) is 4.73. The monoisotopic (exact) mass is 550 g/mol. The van der Waals surface area contributed by atoms with Crippen LogP contribution in [0, 0.1) is 3.57 Å². The molecule has 0 radical (unpaired) electrons. The summed E-state index contributed by atoms with van der Waals surface area (Å²) in [4.78, 5) is 13.0. The zero-order valence-corrected chi connectivity index (χ0v) is 20.1. The fraction of sp³-hybridized carbons (Fsp3) is 0.174. The van der Waals surface area contributed by atoms with Crippen LogP contribution in [0.15, 0.2) is 83.8 Å². The molecule has 0 saturated carbocycles. The fourth-order valence-corrected chi connectivity index (χ4v) is 4.84. The Morgan fingerprint density at radius 3 is 2.19 bits per heavy atom. The summed E-state index contributed by atoms with van der Waals surface area (Å²) in [6, 6.07) is 22.2. The van der Waals surface area contributed by atoms with Crippen molar-refractivity contribution in [3.8, 4) is 5.75 Å². The van der Waals surface area contributed by atoms with Crippen molar-refractivity contribution in [2.24, 2.45) is 0 Å². The van der Waals surface area contributed by atoms with Crippen LogP contribution < -0.4 is 14.4 Å². The van der Waals surface area contributed by atoms with E-state index >= 15 is 0 Å². The summed E-state index contributed by atoms with van der Waals surface area (Å²) in [5, 5.41) is 2.88. The highest BCUT2D eigenvalue weighted by Gasteiger charge is 2.27. The van der Waals surface area contributed by atoms with Gasteiger partial charge >= 0.3 is 0 Å². The van der Waals surface area contributed by atoms with E-state index in [4.69, 9.17) is 4.74 Å². The zero-order valence-electron chi connectivity index (χ0n) is 17.2. The summed E-state index contributed by atoms with van der Waals surface area (Å²) in [7, 11) is -2.33. The number of halogens is 1. The van der Waals surface area contributed by atoms with Crippen molar-refractivity contribution in [1.82, 2.24) is 5.32 Å². The van der Waals surface area contributed by atoms with Gasteiger partial charge in [0.2, 0.25) is 5.91 Å². The van der Waals surface area contributed by atoms with E-state index in [1.54, 1.807) is 49.6 Å². The van der Waals surface area contributed by atoms with Crippen LogP contribution in [-0.4, -0.2) is 28.0 Å². The van der Waals surface area contributed by atoms with Gasteiger partial charge in [-0.3, -0.25) is 9.10 Å². The number of ether oxygens (including phenoxy) is 1. The Morgan fingerprint density at radius 1 is 1.00 bits per heavy atom. The highest BCUT2D eigenvalue weighted by molar-refractivity contribution is 14.1. The molecule has 8 heteroatoms. The predicted octanol–water partition coefficient (Wildman–Crippen LogP) is 4.37. The Balaban J connectivity index is 1.84. The number of hydrogen-bond acceptors (Lipinski definition) is 4. The lowest BCUT2D eigenvalue weighted by molar-refractivity contribution is -0.120. The van der Waals surface area contributed by atoms with E-state index in [9.17, 15) is 13.2 Å². The number of carbonyl (C=O) groups is 1. The molecule has 162 valence electrons. The normalized spacial score (nSPS) is 12.1. The van der Waals surface area contributed by atoms with Gasteiger partial charge in [0.25, 0.3) is 10.0 Å².